The molecule has 0 aromatic heterocycles. The zero-order chi connectivity index (χ0) is 7.49. The molecule has 0 aromatic carbocycles. The summed E-state index contributed by atoms with van der Waals surface area (Å²) >= 11 is 3.73. The minimum atomic E-state index is -0.427. The van der Waals surface area contributed by atoms with E-state index in [1.807, 2.05) is 13.8 Å². The molecule has 1 atom stereocenters. The first-order chi connectivity index (χ1) is 4.06. The van der Waals surface area contributed by atoms with Gasteiger partial charge in [-0.05, 0) is 13.3 Å². The summed E-state index contributed by atoms with van der Waals surface area (Å²) in [5.41, 5.74) is -0.427. The van der Waals surface area contributed by atoms with E-state index in [4.69, 9.17) is 0 Å². The third kappa shape index (κ3) is 1.86. The minimum absolute atomic E-state index is 0.111. The molecule has 0 rings (SSSR count). The Bertz CT molecular complexity index is 131. The Morgan fingerprint density at radius 1 is 1.89 bits per heavy atom. The van der Waals surface area contributed by atoms with Crippen LogP contribution in [0, 0.1) is 5.41 Å². The molecule has 0 aliphatic carbocycles. The first-order valence-electron chi connectivity index (χ1n) is 2.94. The monoisotopic (exact) mass is 144 g/mol. The second kappa shape index (κ2) is 3.06. The van der Waals surface area contributed by atoms with Crippen LogP contribution in [0.25, 0.3) is 0 Å². The van der Waals surface area contributed by atoms with Crippen molar-refractivity contribution in [1.29, 1.82) is 0 Å². The summed E-state index contributed by atoms with van der Waals surface area (Å²) in [4.78, 5) is 10.7. The average molecular weight is 144 g/mol. The molecule has 0 heterocycles. The van der Waals surface area contributed by atoms with Crippen molar-refractivity contribution in [2.75, 3.05) is 0 Å². The number of thiol groups is 1. The van der Waals surface area contributed by atoms with Crippen LogP contribution in [-0.4, -0.2) is 5.12 Å². The zero-order valence-corrected chi connectivity index (χ0v) is 6.74. The van der Waals surface area contributed by atoms with Crippen molar-refractivity contribution in [3.63, 3.8) is 0 Å². The Kier molecular flexibility index (Phi) is 2.98. The van der Waals surface area contributed by atoms with E-state index in [9.17, 15) is 4.79 Å². The molecule has 1 nitrogen and oxygen atoms in total. The predicted molar refractivity (Wildman–Crippen MR) is 42.6 cm³/mol. The summed E-state index contributed by atoms with van der Waals surface area (Å²) in [7, 11) is 0. The highest BCUT2D eigenvalue weighted by Gasteiger charge is 2.23. The van der Waals surface area contributed by atoms with Crippen LogP contribution in [0.1, 0.15) is 20.3 Å². The quantitative estimate of drug-likeness (QED) is 0.474. The van der Waals surface area contributed by atoms with Gasteiger partial charge in [0, 0.05) is 0 Å². The predicted octanol–water partition coefficient (Wildman–Crippen LogP) is 2.05. The summed E-state index contributed by atoms with van der Waals surface area (Å²) in [6, 6.07) is 0. The van der Waals surface area contributed by atoms with Crippen molar-refractivity contribution in [3.05, 3.63) is 12.7 Å². The average Bonchev–Trinajstić information content (AvgIpc) is 1.86. The first kappa shape index (κ1) is 8.76. The number of carbonyl (C=O) groups excluding carboxylic acids is 1. The molecule has 9 heavy (non-hydrogen) atoms. The number of rotatable bonds is 3. The molecule has 52 valence electrons. The molecule has 2 heteroatoms. The van der Waals surface area contributed by atoms with Gasteiger partial charge in [0.15, 0.2) is 5.12 Å². The van der Waals surface area contributed by atoms with Crippen molar-refractivity contribution < 1.29 is 4.79 Å². The summed E-state index contributed by atoms with van der Waals surface area (Å²) in [6.07, 6.45) is 2.40. The van der Waals surface area contributed by atoms with Gasteiger partial charge in [0.25, 0.3) is 0 Å². The van der Waals surface area contributed by atoms with E-state index in [0.29, 0.717) is 0 Å². The number of carbonyl (C=O) groups is 1. The lowest BCUT2D eigenvalue weighted by Crippen LogP contribution is -2.19. The van der Waals surface area contributed by atoms with Crippen LogP contribution in [0.2, 0.25) is 0 Å². The molecule has 0 amide bonds. The maximum atomic E-state index is 10.7. The van der Waals surface area contributed by atoms with Crippen molar-refractivity contribution >= 4 is 17.7 Å². The fraction of sp³-hybridized carbons (Fsp3) is 0.571. The number of allylic oxidation sites excluding steroid dienone is 1. The molecule has 0 saturated heterocycles. The van der Waals surface area contributed by atoms with Crippen molar-refractivity contribution in [2.45, 2.75) is 20.3 Å². The van der Waals surface area contributed by atoms with Gasteiger partial charge in [0.1, 0.15) is 0 Å². The Hall–Kier alpha value is -0.240. The van der Waals surface area contributed by atoms with Gasteiger partial charge in [-0.25, -0.2) is 0 Å². The maximum Gasteiger partial charge on any atom is 0.195 e. The van der Waals surface area contributed by atoms with Crippen molar-refractivity contribution in [2.24, 2.45) is 5.41 Å². The molecule has 1 unspecified atom stereocenters. The van der Waals surface area contributed by atoms with Gasteiger partial charge in [-0.1, -0.05) is 13.0 Å². The fourth-order valence-electron chi connectivity index (χ4n) is 0.383. The van der Waals surface area contributed by atoms with Gasteiger partial charge in [0.2, 0.25) is 0 Å². The van der Waals surface area contributed by atoms with Crippen LogP contribution in [0.15, 0.2) is 12.7 Å². The van der Waals surface area contributed by atoms with Gasteiger partial charge in [-0.2, -0.15) is 0 Å². The molecule has 0 aliphatic rings. The summed E-state index contributed by atoms with van der Waals surface area (Å²) in [6.45, 7) is 7.32. The maximum absolute atomic E-state index is 10.7. The van der Waals surface area contributed by atoms with Gasteiger partial charge in [-0.15, -0.1) is 19.2 Å². The van der Waals surface area contributed by atoms with E-state index in [1.54, 1.807) is 6.08 Å². The van der Waals surface area contributed by atoms with Crippen LogP contribution in [-0.2, 0) is 4.79 Å². The van der Waals surface area contributed by atoms with Crippen LogP contribution in [0.5, 0.6) is 0 Å². The summed E-state index contributed by atoms with van der Waals surface area (Å²) < 4.78 is 0. The van der Waals surface area contributed by atoms with Gasteiger partial charge >= 0.3 is 0 Å². The van der Waals surface area contributed by atoms with Crippen molar-refractivity contribution in [3.8, 4) is 0 Å². The van der Waals surface area contributed by atoms with E-state index >= 15 is 0 Å². The van der Waals surface area contributed by atoms with Gasteiger partial charge in [-0.3, -0.25) is 4.79 Å². The molecule has 0 bridgehead atoms. The van der Waals surface area contributed by atoms with E-state index in [2.05, 4.69) is 19.2 Å². The second-order valence-electron chi connectivity index (χ2n) is 2.28. The SMILES string of the molecule is C=CC(C)(CC)C(=O)S. The fourth-order valence-corrected chi connectivity index (χ4v) is 0.632. The number of hydrogen-bond acceptors (Lipinski definition) is 1. The van der Waals surface area contributed by atoms with E-state index < -0.39 is 5.41 Å². The third-order valence-electron chi connectivity index (χ3n) is 1.67. The molecule has 0 saturated carbocycles. The second-order valence-corrected chi connectivity index (χ2v) is 2.69. The first-order valence-corrected chi connectivity index (χ1v) is 3.38. The van der Waals surface area contributed by atoms with Crippen LogP contribution >= 0.6 is 12.6 Å². The Morgan fingerprint density at radius 3 is 2.33 bits per heavy atom. The topological polar surface area (TPSA) is 17.1 Å². The van der Waals surface area contributed by atoms with E-state index in [0.717, 1.165) is 6.42 Å². The van der Waals surface area contributed by atoms with Crippen LogP contribution in [0.4, 0.5) is 0 Å². The highest BCUT2D eigenvalue weighted by Crippen LogP contribution is 2.24. The minimum Gasteiger partial charge on any atom is -0.287 e. The third-order valence-corrected chi connectivity index (χ3v) is 2.18. The molecule has 0 fully saturated rings. The van der Waals surface area contributed by atoms with E-state index in [1.165, 1.54) is 0 Å². The largest absolute Gasteiger partial charge is 0.287 e. The lowest BCUT2D eigenvalue weighted by atomic mass is 9.90. The number of hydrogen-bond donors (Lipinski definition) is 1. The summed E-state index contributed by atoms with van der Waals surface area (Å²) in [5.74, 6) is 0. The Balaban J connectivity index is 4.27. The standard InChI is InChI=1S/C7H12OS/c1-4-7(3,5-2)6(8)9/h4H,1,5H2,2-3H3,(H,8,9). The highest BCUT2D eigenvalue weighted by atomic mass is 32.1. The Morgan fingerprint density at radius 2 is 2.33 bits per heavy atom. The molecule has 0 radical (unpaired) electrons. The highest BCUT2D eigenvalue weighted by molar-refractivity contribution is 7.96. The Labute approximate surface area is 61.6 Å². The lowest BCUT2D eigenvalue weighted by Gasteiger charge is -2.17. The molecule has 0 spiro atoms. The molecule has 0 N–H and O–H groups in total. The van der Waals surface area contributed by atoms with Gasteiger partial charge in [0.05, 0.1) is 5.41 Å². The molecule has 0 aromatic rings. The summed E-state index contributed by atoms with van der Waals surface area (Å²) in [5, 5.41) is -0.111. The van der Waals surface area contributed by atoms with Crippen molar-refractivity contribution in [1.82, 2.24) is 0 Å². The van der Waals surface area contributed by atoms with Crippen LogP contribution < -0.4 is 0 Å². The zero-order valence-electron chi connectivity index (χ0n) is 5.85. The van der Waals surface area contributed by atoms with E-state index in [-0.39, 0.29) is 5.12 Å². The molecular weight excluding hydrogens is 132 g/mol. The van der Waals surface area contributed by atoms with Gasteiger partial charge < -0.3 is 0 Å². The molecule has 0 aliphatic heterocycles. The lowest BCUT2D eigenvalue weighted by molar-refractivity contribution is -0.116. The smallest absolute Gasteiger partial charge is 0.195 e. The van der Waals surface area contributed by atoms with Crippen LogP contribution in [0.3, 0.4) is 0 Å². The molecular formula is C7H12OS. The normalized spacial score (nSPS) is 16.3.